The number of likely N-dealkylation sites (tertiary alicyclic amines) is 1. The molecule has 6 nitrogen and oxygen atoms in total. The average Bonchev–Trinajstić information content (AvgIpc) is 3.21. The van der Waals surface area contributed by atoms with E-state index < -0.39 is 13.9 Å². The number of carbonyl (C=O) groups excluding carboxylic acids is 1. The molecule has 1 aliphatic rings. The van der Waals surface area contributed by atoms with Crippen LogP contribution in [0.1, 0.15) is 91.5 Å². The van der Waals surface area contributed by atoms with Gasteiger partial charge in [-0.3, -0.25) is 0 Å². The Morgan fingerprint density at radius 1 is 1.13 bits per heavy atom. The highest BCUT2D eigenvalue weighted by Crippen LogP contribution is 2.38. The van der Waals surface area contributed by atoms with Crippen molar-refractivity contribution >= 4 is 25.4 Å². The molecule has 3 rings (SSSR count). The monoisotopic (exact) mass is 542 g/mol. The van der Waals surface area contributed by atoms with Crippen molar-refractivity contribution in [3.05, 3.63) is 40.6 Å². The number of nitrogens with zero attached hydrogens (tertiary/aromatic N) is 2. The summed E-state index contributed by atoms with van der Waals surface area (Å²) in [4.78, 5) is 14.2. The molecule has 0 N–H and O–H groups in total. The molecule has 2 aromatic rings. The van der Waals surface area contributed by atoms with E-state index in [0.717, 1.165) is 67.4 Å². The number of allylic oxidation sites excluding steroid dienone is 2. The molecule has 0 atom stereocenters. The van der Waals surface area contributed by atoms with Gasteiger partial charge in [0.2, 0.25) is 0 Å². The van der Waals surface area contributed by atoms with Crippen LogP contribution in [0.5, 0.6) is 0 Å². The van der Waals surface area contributed by atoms with Crippen LogP contribution in [0.4, 0.5) is 4.79 Å². The van der Waals surface area contributed by atoms with Gasteiger partial charge in [-0.25, -0.2) is 4.79 Å². The number of aryl methyl sites for hydroxylation is 1. The summed E-state index contributed by atoms with van der Waals surface area (Å²) in [6.07, 6.45) is 6.83. The Morgan fingerprint density at radius 2 is 1.79 bits per heavy atom. The van der Waals surface area contributed by atoms with Gasteiger partial charge >= 0.3 is 6.09 Å². The summed E-state index contributed by atoms with van der Waals surface area (Å²) in [5.41, 5.74) is 5.12. The van der Waals surface area contributed by atoms with E-state index >= 15 is 0 Å². The maximum Gasteiger partial charge on any atom is 0.410 e. The van der Waals surface area contributed by atoms with Gasteiger partial charge in [-0.2, -0.15) is 0 Å². The predicted molar refractivity (Wildman–Crippen MR) is 158 cm³/mol. The zero-order valence-corrected chi connectivity index (χ0v) is 26.5. The van der Waals surface area contributed by atoms with Crippen LogP contribution in [-0.4, -0.2) is 43.2 Å². The summed E-state index contributed by atoms with van der Waals surface area (Å²) in [7, 11) is -1.92. The molecule has 212 valence electrons. The molecule has 1 saturated heterocycles. The first-order valence-electron chi connectivity index (χ1n) is 14.2. The smallest absolute Gasteiger partial charge is 0.410 e. The van der Waals surface area contributed by atoms with Crippen molar-refractivity contribution < 1.29 is 18.5 Å². The van der Waals surface area contributed by atoms with Gasteiger partial charge in [-0.05, 0) is 102 Å². The van der Waals surface area contributed by atoms with Crippen LogP contribution in [0.15, 0.2) is 28.3 Å². The number of rotatable bonds is 8. The Labute approximate surface area is 231 Å². The minimum absolute atomic E-state index is 0.145. The third-order valence-corrected chi connectivity index (χ3v) is 12.6. The van der Waals surface area contributed by atoms with Crippen molar-refractivity contribution in [2.45, 2.75) is 118 Å². The lowest BCUT2D eigenvalue weighted by Crippen LogP contribution is -2.41. The van der Waals surface area contributed by atoms with E-state index in [1.165, 1.54) is 11.1 Å². The van der Waals surface area contributed by atoms with Crippen molar-refractivity contribution in [2.24, 2.45) is 5.92 Å². The minimum atomic E-state index is -1.92. The van der Waals surface area contributed by atoms with Gasteiger partial charge in [-0.1, -0.05) is 43.6 Å². The van der Waals surface area contributed by atoms with E-state index in [1.807, 2.05) is 25.7 Å². The van der Waals surface area contributed by atoms with Crippen LogP contribution in [-0.2, 0) is 28.6 Å². The van der Waals surface area contributed by atoms with Gasteiger partial charge in [0, 0.05) is 24.0 Å². The molecule has 0 bridgehead atoms. The molecular formula is C31H50N2O4Si. The number of carbonyl (C=O) groups is 1. The molecule has 0 saturated carbocycles. The molecule has 1 amide bonds. The molecule has 7 heteroatoms. The number of fused-ring (bicyclic) bond motifs is 1. The highest BCUT2D eigenvalue weighted by Gasteiger charge is 2.37. The SMILES string of the molecule is CC(C)=CCc1ccc2c(CCC3CCN(C(=O)OC(C)(C)C)CC3)noc2c1CO[Si](C)(C)C(C)(C)C. The summed E-state index contributed by atoms with van der Waals surface area (Å²) in [5, 5.41) is 5.78. The summed E-state index contributed by atoms with van der Waals surface area (Å²) >= 11 is 0. The maximum atomic E-state index is 12.4. The zero-order chi connectivity index (χ0) is 28.3. The first-order valence-corrected chi connectivity index (χ1v) is 17.1. The molecule has 38 heavy (non-hydrogen) atoms. The fraction of sp³-hybridized carbons (Fsp3) is 0.677. The second kappa shape index (κ2) is 11.9. The maximum absolute atomic E-state index is 12.4. The van der Waals surface area contributed by atoms with E-state index in [2.05, 4.69) is 71.1 Å². The van der Waals surface area contributed by atoms with Crippen molar-refractivity contribution in [3.8, 4) is 0 Å². The topological polar surface area (TPSA) is 64.8 Å². The van der Waals surface area contributed by atoms with E-state index in [-0.39, 0.29) is 11.1 Å². The standard InChI is InChI=1S/C31H50N2O4Si/c1-22(2)11-13-24-14-15-25-27(32-37-28(25)26(24)21-35-38(9,10)31(6,7)8)16-12-23-17-19-33(20-18-23)29(34)36-30(3,4)5/h11,14-15,23H,12-13,16-21H2,1-10H3. The van der Waals surface area contributed by atoms with Gasteiger partial charge in [0.05, 0.1) is 12.3 Å². The summed E-state index contributed by atoms with van der Waals surface area (Å²) in [6.45, 7) is 23.5. The number of hydrogen-bond donors (Lipinski definition) is 0. The number of ether oxygens (including phenoxy) is 1. The second-order valence-electron chi connectivity index (χ2n) is 13.7. The first-order chi connectivity index (χ1) is 17.6. The summed E-state index contributed by atoms with van der Waals surface area (Å²) in [6, 6.07) is 4.41. The Bertz CT molecular complexity index is 1130. The number of benzene rings is 1. The van der Waals surface area contributed by atoms with Crippen LogP contribution in [0, 0.1) is 5.92 Å². The Hall–Kier alpha value is -2.12. The fourth-order valence-corrected chi connectivity index (χ4v) is 5.47. The third-order valence-electron chi connectivity index (χ3n) is 8.08. The third kappa shape index (κ3) is 7.95. The van der Waals surface area contributed by atoms with Crippen molar-refractivity contribution in [1.82, 2.24) is 10.1 Å². The van der Waals surface area contributed by atoms with E-state index in [4.69, 9.17) is 13.7 Å². The fourth-order valence-electron chi connectivity index (χ4n) is 4.53. The predicted octanol–water partition coefficient (Wildman–Crippen LogP) is 8.44. The van der Waals surface area contributed by atoms with Gasteiger partial charge < -0.3 is 18.6 Å². The van der Waals surface area contributed by atoms with Crippen molar-refractivity contribution in [3.63, 3.8) is 0 Å². The largest absolute Gasteiger partial charge is 0.444 e. The summed E-state index contributed by atoms with van der Waals surface area (Å²) < 4.78 is 18.2. The van der Waals surface area contributed by atoms with Gasteiger partial charge in [-0.15, -0.1) is 0 Å². The molecular weight excluding hydrogens is 492 g/mol. The molecule has 0 spiro atoms. The van der Waals surface area contributed by atoms with Crippen LogP contribution < -0.4 is 0 Å². The minimum Gasteiger partial charge on any atom is -0.444 e. The van der Waals surface area contributed by atoms with Crippen LogP contribution in [0.25, 0.3) is 11.0 Å². The Morgan fingerprint density at radius 3 is 2.37 bits per heavy atom. The van der Waals surface area contributed by atoms with Gasteiger partial charge in [0.15, 0.2) is 13.9 Å². The number of hydrogen-bond acceptors (Lipinski definition) is 5. The number of aromatic nitrogens is 1. The molecule has 0 aliphatic carbocycles. The van der Waals surface area contributed by atoms with Crippen LogP contribution in [0.3, 0.4) is 0 Å². The molecule has 1 aliphatic heterocycles. The van der Waals surface area contributed by atoms with E-state index in [9.17, 15) is 4.79 Å². The average molecular weight is 543 g/mol. The lowest BCUT2D eigenvalue weighted by Gasteiger charge is -2.36. The lowest BCUT2D eigenvalue weighted by atomic mass is 9.91. The summed E-state index contributed by atoms with van der Waals surface area (Å²) in [5.74, 6) is 0.568. The second-order valence-corrected chi connectivity index (χ2v) is 18.5. The number of piperidine rings is 1. The van der Waals surface area contributed by atoms with Crippen molar-refractivity contribution in [2.75, 3.05) is 13.1 Å². The highest BCUT2D eigenvalue weighted by molar-refractivity contribution is 6.74. The Balaban J connectivity index is 1.72. The molecule has 2 heterocycles. The molecule has 0 unspecified atom stereocenters. The van der Waals surface area contributed by atoms with Crippen LogP contribution >= 0.6 is 0 Å². The first kappa shape index (κ1) is 30.4. The van der Waals surface area contributed by atoms with Crippen molar-refractivity contribution in [1.29, 1.82) is 0 Å². The quantitative estimate of drug-likeness (QED) is 0.247. The normalized spacial score (nSPS) is 15.7. The van der Waals surface area contributed by atoms with Crippen LogP contribution in [0.2, 0.25) is 18.1 Å². The van der Waals surface area contributed by atoms with Gasteiger partial charge in [0.25, 0.3) is 0 Å². The lowest BCUT2D eigenvalue weighted by molar-refractivity contribution is 0.0181. The van der Waals surface area contributed by atoms with E-state index in [0.29, 0.717) is 12.5 Å². The zero-order valence-electron chi connectivity index (χ0n) is 25.5. The molecule has 1 aromatic heterocycles. The highest BCUT2D eigenvalue weighted by atomic mass is 28.4. The number of amides is 1. The van der Waals surface area contributed by atoms with Gasteiger partial charge in [0.1, 0.15) is 5.60 Å². The Kier molecular flexibility index (Phi) is 9.57. The molecule has 1 fully saturated rings. The molecule has 0 radical (unpaired) electrons. The van der Waals surface area contributed by atoms with E-state index in [1.54, 1.807) is 0 Å². The molecule has 1 aromatic carbocycles.